The third-order valence-electron chi connectivity index (χ3n) is 2.97. The van der Waals surface area contributed by atoms with E-state index < -0.39 is 5.60 Å². The minimum Gasteiger partial charge on any atom is -0.497 e. The lowest BCUT2D eigenvalue weighted by Gasteiger charge is -2.24. The number of aliphatic hydroxyl groups is 1. The maximum absolute atomic E-state index is 10.6. The van der Waals surface area contributed by atoms with E-state index in [1.165, 1.54) is 0 Å². The topological polar surface area (TPSA) is 29.5 Å². The zero-order chi connectivity index (χ0) is 12.3. The molecule has 2 heteroatoms. The van der Waals surface area contributed by atoms with E-state index in [9.17, 15) is 5.11 Å². The van der Waals surface area contributed by atoms with Gasteiger partial charge in [-0.15, -0.1) is 0 Å². The van der Waals surface area contributed by atoms with Crippen LogP contribution >= 0.6 is 0 Å². The summed E-state index contributed by atoms with van der Waals surface area (Å²) in [6.07, 6.45) is 0. The van der Waals surface area contributed by atoms with Crippen LogP contribution in [-0.4, -0.2) is 12.2 Å². The molecular weight excluding hydrogens is 212 g/mol. The molecule has 0 heterocycles. The maximum Gasteiger partial charge on any atom is 0.119 e. The van der Waals surface area contributed by atoms with Gasteiger partial charge in [0.15, 0.2) is 0 Å². The molecule has 0 spiro atoms. The van der Waals surface area contributed by atoms with Crippen LogP contribution in [-0.2, 0) is 5.60 Å². The fourth-order valence-corrected chi connectivity index (χ4v) is 1.86. The molecule has 1 atom stereocenters. The Kier molecular flexibility index (Phi) is 3.16. The molecule has 0 aromatic heterocycles. The summed E-state index contributed by atoms with van der Waals surface area (Å²) in [5, 5.41) is 10.6. The number of benzene rings is 2. The Balaban J connectivity index is 2.44. The van der Waals surface area contributed by atoms with Crippen LogP contribution in [0.25, 0.3) is 0 Å². The smallest absolute Gasteiger partial charge is 0.119 e. The van der Waals surface area contributed by atoms with Crippen LogP contribution < -0.4 is 4.74 Å². The van der Waals surface area contributed by atoms with Gasteiger partial charge in [-0.05, 0) is 30.2 Å². The van der Waals surface area contributed by atoms with Gasteiger partial charge in [0, 0.05) is 0 Å². The van der Waals surface area contributed by atoms with Crippen LogP contribution in [0, 0.1) is 0 Å². The molecule has 0 aliphatic heterocycles. The summed E-state index contributed by atoms with van der Waals surface area (Å²) in [6.45, 7) is 1.79. The van der Waals surface area contributed by atoms with Crippen molar-refractivity contribution < 1.29 is 9.84 Å². The summed E-state index contributed by atoms with van der Waals surface area (Å²) < 4.78 is 5.17. The molecule has 2 aromatic carbocycles. The van der Waals surface area contributed by atoms with Gasteiger partial charge in [0.05, 0.1) is 7.11 Å². The first kappa shape index (κ1) is 11.7. The van der Waals surface area contributed by atoms with E-state index in [0.717, 1.165) is 16.9 Å². The molecule has 0 radical (unpaired) electrons. The summed E-state index contributed by atoms with van der Waals surface area (Å²) >= 11 is 0. The summed E-state index contributed by atoms with van der Waals surface area (Å²) in [5.74, 6) is 0.749. The van der Waals surface area contributed by atoms with Crippen molar-refractivity contribution in [3.8, 4) is 5.75 Å². The summed E-state index contributed by atoms with van der Waals surface area (Å²) in [5.41, 5.74) is 0.687. The molecule has 17 heavy (non-hydrogen) atoms. The maximum atomic E-state index is 10.6. The van der Waals surface area contributed by atoms with E-state index in [2.05, 4.69) is 0 Å². The average molecular weight is 228 g/mol. The molecule has 2 rings (SSSR count). The molecule has 88 valence electrons. The quantitative estimate of drug-likeness (QED) is 0.875. The molecule has 0 aliphatic rings. The first-order chi connectivity index (χ1) is 8.14. The lowest BCUT2D eigenvalue weighted by atomic mass is 9.88. The second kappa shape index (κ2) is 4.60. The third kappa shape index (κ3) is 2.32. The van der Waals surface area contributed by atoms with Gasteiger partial charge in [-0.3, -0.25) is 0 Å². The van der Waals surface area contributed by atoms with E-state index in [-0.39, 0.29) is 0 Å². The lowest BCUT2D eigenvalue weighted by molar-refractivity contribution is 0.102. The normalized spacial score (nSPS) is 14.1. The molecular formula is C15H16O2. The molecule has 0 aliphatic carbocycles. The van der Waals surface area contributed by atoms with Crippen LogP contribution in [0.2, 0.25) is 0 Å². The summed E-state index contributed by atoms with van der Waals surface area (Å²) in [6, 6.07) is 17.1. The Bertz CT molecular complexity index is 489. The first-order valence-electron chi connectivity index (χ1n) is 5.57. The summed E-state index contributed by atoms with van der Waals surface area (Å²) in [7, 11) is 1.62. The van der Waals surface area contributed by atoms with Crippen molar-refractivity contribution in [1.82, 2.24) is 0 Å². The van der Waals surface area contributed by atoms with Crippen molar-refractivity contribution in [2.75, 3.05) is 7.11 Å². The van der Waals surface area contributed by atoms with Gasteiger partial charge in [-0.1, -0.05) is 42.5 Å². The Hall–Kier alpha value is -1.80. The van der Waals surface area contributed by atoms with Crippen LogP contribution in [0.1, 0.15) is 18.1 Å². The van der Waals surface area contributed by atoms with Crippen molar-refractivity contribution >= 4 is 0 Å². The predicted octanol–water partition coefficient (Wildman–Crippen LogP) is 2.95. The van der Waals surface area contributed by atoms with Crippen molar-refractivity contribution in [3.05, 3.63) is 65.7 Å². The highest BCUT2D eigenvalue weighted by atomic mass is 16.5. The van der Waals surface area contributed by atoms with Crippen LogP contribution in [0.3, 0.4) is 0 Å². The van der Waals surface area contributed by atoms with Crippen molar-refractivity contribution in [3.63, 3.8) is 0 Å². The number of methoxy groups -OCH3 is 1. The zero-order valence-corrected chi connectivity index (χ0v) is 10.1. The Morgan fingerprint density at radius 3 is 2.24 bits per heavy atom. The molecule has 0 amide bonds. The van der Waals surface area contributed by atoms with Gasteiger partial charge in [0.2, 0.25) is 0 Å². The zero-order valence-electron chi connectivity index (χ0n) is 10.1. The van der Waals surface area contributed by atoms with Gasteiger partial charge in [0.1, 0.15) is 11.4 Å². The van der Waals surface area contributed by atoms with Crippen LogP contribution in [0.4, 0.5) is 0 Å². The molecule has 0 fully saturated rings. The number of rotatable bonds is 3. The van der Waals surface area contributed by atoms with Gasteiger partial charge >= 0.3 is 0 Å². The van der Waals surface area contributed by atoms with Crippen LogP contribution in [0.5, 0.6) is 5.75 Å². The lowest BCUT2D eigenvalue weighted by Crippen LogP contribution is -2.22. The van der Waals surface area contributed by atoms with Crippen molar-refractivity contribution in [2.45, 2.75) is 12.5 Å². The second-order valence-corrected chi connectivity index (χ2v) is 4.17. The van der Waals surface area contributed by atoms with Crippen molar-refractivity contribution in [1.29, 1.82) is 0 Å². The van der Waals surface area contributed by atoms with Gasteiger partial charge in [-0.2, -0.15) is 0 Å². The van der Waals surface area contributed by atoms with E-state index in [0.29, 0.717) is 0 Å². The molecule has 0 unspecified atom stereocenters. The Morgan fingerprint density at radius 1 is 0.941 bits per heavy atom. The van der Waals surface area contributed by atoms with E-state index >= 15 is 0 Å². The largest absolute Gasteiger partial charge is 0.497 e. The van der Waals surface area contributed by atoms with E-state index in [1.54, 1.807) is 14.0 Å². The van der Waals surface area contributed by atoms with Crippen LogP contribution in [0.15, 0.2) is 54.6 Å². The van der Waals surface area contributed by atoms with Gasteiger partial charge < -0.3 is 9.84 Å². The Morgan fingerprint density at radius 2 is 1.59 bits per heavy atom. The van der Waals surface area contributed by atoms with Gasteiger partial charge in [0.25, 0.3) is 0 Å². The SMILES string of the molecule is COc1cccc([C@](C)(O)c2ccccc2)c1. The fourth-order valence-electron chi connectivity index (χ4n) is 1.86. The average Bonchev–Trinajstić information content (AvgIpc) is 2.40. The molecule has 0 saturated carbocycles. The molecule has 1 N–H and O–H groups in total. The molecule has 0 bridgehead atoms. The highest BCUT2D eigenvalue weighted by Gasteiger charge is 2.25. The van der Waals surface area contributed by atoms with Gasteiger partial charge in [-0.25, -0.2) is 0 Å². The minimum atomic E-state index is -1.00. The van der Waals surface area contributed by atoms with Crippen molar-refractivity contribution in [2.24, 2.45) is 0 Å². The minimum absolute atomic E-state index is 0.749. The predicted molar refractivity (Wildman–Crippen MR) is 68.1 cm³/mol. The third-order valence-corrected chi connectivity index (χ3v) is 2.97. The highest BCUT2D eigenvalue weighted by molar-refractivity contribution is 5.39. The second-order valence-electron chi connectivity index (χ2n) is 4.17. The highest BCUT2D eigenvalue weighted by Crippen LogP contribution is 2.30. The first-order valence-corrected chi connectivity index (χ1v) is 5.57. The van der Waals surface area contributed by atoms with E-state index in [4.69, 9.17) is 4.74 Å². The Labute approximate surface area is 101 Å². The van der Waals surface area contributed by atoms with E-state index in [1.807, 2.05) is 54.6 Å². The number of ether oxygens (including phenoxy) is 1. The number of hydrogen-bond acceptors (Lipinski definition) is 2. The number of hydrogen-bond donors (Lipinski definition) is 1. The fraction of sp³-hybridized carbons (Fsp3) is 0.200. The molecule has 2 nitrogen and oxygen atoms in total. The monoisotopic (exact) mass is 228 g/mol. The molecule has 0 saturated heterocycles. The molecule has 2 aromatic rings. The standard InChI is InChI=1S/C15H16O2/c1-15(16,12-7-4-3-5-8-12)13-9-6-10-14(11-13)17-2/h3-11,16H,1-2H3/t15-/m1/s1. The summed E-state index contributed by atoms with van der Waals surface area (Å²) in [4.78, 5) is 0.